The Kier molecular flexibility index (Phi) is 4.74. The van der Waals surface area contributed by atoms with Crippen molar-refractivity contribution in [2.24, 2.45) is 4.99 Å². The fraction of sp³-hybridized carbons (Fsp3) is 0.522. The first-order valence-corrected chi connectivity index (χ1v) is 10.8. The summed E-state index contributed by atoms with van der Waals surface area (Å²) >= 11 is 0. The van der Waals surface area contributed by atoms with Crippen LogP contribution in [0, 0.1) is 6.92 Å². The van der Waals surface area contributed by atoms with Crippen molar-refractivity contribution in [1.82, 2.24) is 24.6 Å². The van der Waals surface area contributed by atoms with Crippen molar-refractivity contribution in [3.8, 4) is 0 Å². The van der Waals surface area contributed by atoms with Crippen LogP contribution in [-0.4, -0.2) is 84.0 Å². The highest BCUT2D eigenvalue weighted by molar-refractivity contribution is 5.99. The zero-order valence-electron chi connectivity index (χ0n) is 17.9. The molecule has 6 heteroatoms. The van der Waals surface area contributed by atoms with Crippen LogP contribution in [0.2, 0.25) is 0 Å². The number of H-pyrrole nitrogens is 1. The Hall–Kier alpha value is -2.47. The number of hydrogen-bond acceptors (Lipinski definition) is 5. The maximum Gasteiger partial charge on any atom is 0.152 e. The number of likely N-dealkylation sites (tertiary alicyclic amines) is 1. The van der Waals surface area contributed by atoms with Gasteiger partial charge in [0, 0.05) is 50.5 Å². The Labute approximate surface area is 173 Å². The molecule has 0 radical (unpaired) electrons. The van der Waals surface area contributed by atoms with Gasteiger partial charge in [-0.15, -0.1) is 0 Å². The zero-order valence-corrected chi connectivity index (χ0v) is 17.9. The van der Waals surface area contributed by atoms with Crippen LogP contribution in [0.3, 0.4) is 0 Å². The molecule has 2 aromatic rings. The molecule has 1 aromatic heterocycles. The third-order valence-corrected chi connectivity index (χ3v) is 6.77. The highest BCUT2D eigenvalue weighted by Crippen LogP contribution is 2.34. The molecule has 1 aromatic carbocycles. The minimum atomic E-state index is 0.673. The molecule has 1 N–H and O–H groups in total. The van der Waals surface area contributed by atoms with Gasteiger partial charge in [0.1, 0.15) is 6.67 Å². The number of aromatic amines is 1. The SMILES string of the molecule is Cc1cccc2c(C3CCN(CCN4CN=C5C4=CN(C)CN5C)CC3)c[nH]c12. The van der Waals surface area contributed by atoms with Crippen LogP contribution in [0.15, 0.2) is 41.3 Å². The first-order valence-electron chi connectivity index (χ1n) is 10.8. The number of benzene rings is 1. The molecule has 0 bridgehead atoms. The number of para-hydroxylation sites is 1. The van der Waals surface area contributed by atoms with Crippen LogP contribution < -0.4 is 0 Å². The molecule has 5 rings (SSSR count). The highest BCUT2D eigenvalue weighted by Gasteiger charge is 2.29. The Balaban J connectivity index is 1.17. The van der Waals surface area contributed by atoms with Gasteiger partial charge in [0.15, 0.2) is 5.84 Å². The summed E-state index contributed by atoms with van der Waals surface area (Å²) in [4.78, 5) is 17.8. The van der Waals surface area contributed by atoms with Crippen LogP contribution in [-0.2, 0) is 0 Å². The van der Waals surface area contributed by atoms with E-state index in [0.29, 0.717) is 5.92 Å². The number of amidine groups is 1. The van der Waals surface area contributed by atoms with Gasteiger partial charge in [-0.3, -0.25) is 0 Å². The Bertz CT molecular complexity index is 949. The molecule has 3 aliphatic heterocycles. The van der Waals surface area contributed by atoms with Gasteiger partial charge in [-0.1, -0.05) is 18.2 Å². The quantitative estimate of drug-likeness (QED) is 0.869. The van der Waals surface area contributed by atoms with Crippen LogP contribution in [0.5, 0.6) is 0 Å². The molecule has 154 valence electrons. The number of piperidine rings is 1. The lowest BCUT2D eigenvalue weighted by Crippen LogP contribution is -2.44. The second-order valence-electron chi connectivity index (χ2n) is 8.85. The largest absolute Gasteiger partial charge is 0.361 e. The van der Waals surface area contributed by atoms with Crippen molar-refractivity contribution in [2.45, 2.75) is 25.7 Å². The molecule has 4 heterocycles. The van der Waals surface area contributed by atoms with Crippen molar-refractivity contribution >= 4 is 16.7 Å². The van der Waals surface area contributed by atoms with Crippen LogP contribution in [0.25, 0.3) is 10.9 Å². The number of hydrogen-bond donors (Lipinski definition) is 1. The van der Waals surface area contributed by atoms with Crippen molar-refractivity contribution in [3.63, 3.8) is 0 Å². The van der Waals surface area contributed by atoms with E-state index >= 15 is 0 Å². The number of nitrogens with one attached hydrogen (secondary N) is 1. The van der Waals surface area contributed by atoms with Gasteiger partial charge in [0.05, 0.1) is 12.4 Å². The molecule has 0 unspecified atom stereocenters. The predicted octanol–water partition coefficient (Wildman–Crippen LogP) is 3.00. The summed E-state index contributed by atoms with van der Waals surface area (Å²) in [6.45, 7) is 8.44. The van der Waals surface area contributed by atoms with Gasteiger partial charge in [-0.25, -0.2) is 4.99 Å². The molecule has 0 aliphatic carbocycles. The number of nitrogens with zero attached hydrogens (tertiary/aromatic N) is 5. The number of rotatable bonds is 4. The Morgan fingerprint density at radius 1 is 1.14 bits per heavy atom. The van der Waals surface area contributed by atoms with Crippen molar-refractivity contribution in [2.75, 3.05) is 53.6 Å². The van der Waals surface area contributed by atoms with Gasteiger partial charge < -0.3 is 24.6 Å². The molecule has 0 saturated carbocycles. The summed E-state index contributed by atoms with van der Waals surface area (Å²) < 4.78 is 0. The fourth-order valence-electron chi connectivity index (χ4n) is 5.14. The standard InChI is InChI=1S/C23H32N6/c1-17-5-4-6-19-20(13-24-22(17)19)18-7-9-28(10-8-18)11-12-29-15-25-23-21(29)14-26(2)16-27(23)3/h4-6,13-14,18,24H,7-12,15-16H2,1-3H3. The molecule has 1 saturated heterocycles. The van der Waals surface area contributed by atoms with Gasteiger partial charge in [-0.2, -0.15) is 0 Å². The average molecular weight is 393 g/mol. The van der Waals surface area contributed by atoms with E-state index < -0.39 is 0 Å². The minimum absolute atomic E-state index is 0.673. The number of likely N-dealkylation sites (N-methyl/N-ethyl adjacent to an activating group) is 1. The summed E-state index contributed by atoms with van der Waals surface area (Å²) in [5, 5.41) is 1.42. The molecule has 29 heavy (non-hydrogen) atoms. The monoisotopic (exact) mass is 392 g/mol. The topological polar surface area (TPSA) is 41.1 Å². The van der Waals surface area contributed by atoms with Gasteiger partial charge in [0.25, 0.3) is 0 Å². The molecule has 0 atom stereocenters. The zero-order chi connectivity index (χ0) is 20.0. The number of aromatic nitrogens is 1. The average Bonchev–Trinajstić information content (AvgIpc) is 3.32. The van der Waals surface area contributed by atoms with Crippen molar-refractivity contribution in [1.29, 1.82) is 0 Å². The van der Waals surface area contributed by atoms with Crippen molar-refractivity contribution in [3.05, 3.63) is 47.4 Å². The lowest BCUT2D eigenvalue weighted by atomic mass is 9.89. The first kappa shape index (κ1) is 18.6. The van der Waals surface area contributed by atoms with Gasteiger partial charge >= 0.3 is 0 Å². The maximum absolute atomic E-state index is 4.75. The maximum atomic E-state index is 4.75. The molecular formula is C23H32N6. The van der Waals surface area contributed by atoms with E-state index in [1.54, 1.807) is 0 Å². The Morgan fingerprint density at radius 3 is 2.79 bits per heavy atom. The second-order valence-corrected chi connectivity index (χ2v) is 8.85. The third kappa shape index (κ3) is 3.39. The van der Waals surface area contributed by atoms with Crippen LogP contribution in [0.1, 0.15) is 29.9 Å². The molecule has 0 spiro atoms. The third-order valence-electron chi connectivity index (χ3n) is 6.77. The molecular weight excluding hydrogens is 360 g/mol. The summed E-state index contributed by atoms with van der Waals surface area (Å²) in [7, 11) is 4.26. The van der Waals surface area contributed by atoms with E-state index in [4.69, 9.17) is 4.99 Å². The van der Waals surface area contributed by atoms with Crippen LogP contribution in [0.4, 0.5) is 0 Å². The number of aliphatic imine (C=N–C) groups is 1. The normalized spacial score (nSPS) is 21.0. The van der Waals surface area contributed by atoms with Crippen molar-refractivity contribution < 1.29 is 0 Å². The minimum Gasteiger partial charge on any atom is -0.361 e. The number of aryl methyl sites for hydroxylation is 1. The lowest BCUT2D eigenvalue weighted by Gasteiger charge is -2.35. The van der Waals surface area contributed by atoms with Crippen LogP contribution >= 0.6 is 0 Å². The highest BCUT2D eigenvalue weighted by atomic mass is 15.4. The molecule has 1 fully saturated rings. The van der Waals surface area contributed by atoms with E-state index in [1.807, 2.05) is 0 Å². The Morgan fingerprint density at radius 2 is 1.97 bits per heavy atom. The summed E-state index contributed by atoms with van der Waals surface area (Å²) in [6, 6.07) is 6.65. The molecule has 0 amide bonds. The predicted molar refractivity (Wildman–Crippen MR) is 119 cm³/mol. The lowest BCUT2D eigenvalue weighted by molar-refractivity contribution is 0.190. The van der Waals surface area contributed by atoms with E-state index in [2.05, 4.69) is 76.2 Å². The summed E-state index contributed by atoms with van der Waals surface area (Å²) in [5.74, 6) is 1.82. The van der Waals surface area contributed by atoms with E-state index in [0.717, 1.165) is 32.3 Å². The smallest absolute Gasteiger partial charge is 0.152 e. The molecule has 3 aliphatic rings. The fourth-order valence-corrected chi connectivity index (χ4v) is 5.14. The van der Waals surface area contributed by atoms with E-state index in [9.17, 15) is 0 Å². The van der Waals surface area contributed by atoms with Gasteiger partial charge in [0.2, 0.25) is 0 Å². The summed E-state index contributed by atoms with van der Waals surface area (Å²) in [6.07, 6.45) is 6.99. The number of fused-ring (bicyclic) bond motifs is 2. The first-order chi connectivity index (χ1) is 14.1. The van der Waals surface area contributed by atoms with E-state index in [-0.39, 0.29) is 0 Å². The second kappa shape index (κ2) is 7.41. The summed E-state index contributed by atoms with van der Waals surface area (Å²) in [5.41, 5.74) is 5.45. The van der Waals surface area contributed by atoms with E-state index in [1.165, 1.54) is 53.7 Å². The van der Waals surface area contributed by atoms with Gasteiger partial charge in [-0.05, 0) is 49.9 Å². The molecule has 6 nitrogen and oxygen atoms in total.